The van der Waals surface area contributed by atoms with Gasteiger partial charge in [-0.1, -0.05) is 61.8 Å². The van der Waals surface area contributed by atoms with Crippen molar-refractivity contribution in [2.75, 3.05) is 20.3 Å². The molecule has 4 N–H and O–H groups in total. The molecule has 2 aromatic rings. The van der Waals surface area contributed by atoms with Crippen molar-refractivity contribution in [3.05, 3.63) is 64.6 Å². The van der Waals surface area contributed by atoms with Crippen LogP contribution in [0.4, 0.5) is 0 Å². The summed E-state index contributed by atoms with van der Waals surface area (Å²) >= 11 is 0. The molecule has 0 radical (unpaired) electrons. The average molecular weight is 595 g/mol. The molecule has 1 aromatic heterocycles. The number of rotatable bonds is 15. The monoisotopic (exact) mass is 594 g/mol. The molecule has 4 amide bonds. The van der Waals surface area contributed by atoms with Crippen LogP contribution < -0.4 is 21.3 Å². The Hall–Kier alpha value is -4.50. The Balaban J connectivity index is 2.05. The zero-order valence-corrected chi connectivity index (χ0v) is 25.7. The van der Waals surface area contributed by atoms with E-state index in [9.17, 15) is 24.4 Å². The van der Waals surface area contributed by atoms with Gasteiger partial charge in [0.25, 0.3) is 11.8 Å². The van der Waals surface area contributed by atoms with Crippen LogP contribution in [0.1, 0.15) is 67.4 Å². The summed E-state index contributed by atoms with van der Waals surface area (Å²) < 4.78 is 10.1. The van der Waals surface area contributed by atoms with Crippen LogP contribution in [0.25, 0.3) is 0 Å². The number of nitrogens with zero attached hydrogens (tertiary/aromatic N) is 2. The molecule has 12 nitrogen and oxygen atoms in total. The summed E-state index contributed by atoms with van der Waals surface area (Å²) in [5.41, 5.74) is 1.72. The minimum absolute atomic E-state index is 0.0118. The zero-order chi connectivity index (χ0) is 32.0. The highest BCUT2D eigenvalue weighted by atomic mass is 16.5. The van der Waals surface area contributed by atoms with Crippen molar-refractivity contribution in [1.82, 2.24) is 26.4 Å². The van der Waals surface area contributed by atoms with E-state index >= 15 is 0 Å². The third-order valence-corrected chi connectivity index (χ3v) is 6.18. The molecule has 0 spiro atoms. The third-order valence-electron chi connectivity index (χ3n) is 6.18. The number of methoxy groups -OCH3 is 1. The molecular formula is C31H42N6O6. The summed E-state index contributed by atoms with van der Waals surface area (Å²) in [5, 5.41) is 23.9. The van der Waals surface area contributed by atoms with Crippen LogP contribution in [0.5, 0.6) is 0 Å². The summed E-state index contributed by atoms with van der Waals surface area (Å²) in [6, 6.07) is 9.05. The molecule has 1 aromatic carbocycles. The predicted octanol–water partition coefficient (Wildman–Crippen LogP) is 2.62. The lowest BCUT2D eigenvalue weighted by atomic mass is 9.93. The van der Waals surface area contributed by atoms with Gasteiger partial charge in [0.2, 0.25) is 11.8 Å². The second-order valence-corrected chi connectivity index (χ2v) is 11.4. The summed E-state index contributed by atoms with van der Waals surface area (Å²) in [4.78, 5) is 51.4. The fourth-order valence-electron chi connectivity index (χ4n) is 3.97. The van der Waals surface area contributed by atoms with Crippen molar-refractivity contribution >= 4 is 23.6 Å². The molecule has 1 heterocycles. The maximum Gasteiger partial charge on any atom is 0.274 e. The Labute approximate surface area is 252 Å². The van der Waals surface area contributed by atoms with E-state index in [1.165, 1.54) is 13.2 Å². The van der Waals surface area contributed by atoms with Gasteiger partial charge in [-0.05, 0) is 44.1 Å². The van der Waals surface area contributed by atoms with Gasteiger partial charge in [-0.3, -0.25) is 19.2 Å². The summed E-state index contributed by atoms with van der Waals surface area (Å²) in [6.07, 6.45) is 2.86. The highest BCUT2D eigenvalue weighted by Crippen LogP contribution is 2.17. The number of aryl methyl sites for hydroxylation is 2. The number of nitrogens with one attached hydrogen (secondary N) is 4. The lowest BCUT2D eigenvalue weighted by molar-refractivity contribution is -0.130. The molecule has 43 heavy (non-hydrogen) atoms. The molecule has 2 atom stereocenters. The molecule has 232 valence electrons. The van der Waals surface area contributed by atoms with E-state index in [1.54, 1.807) is 13.0 Å². The largest absolute Gasteiger partial charge is 0.382 e. The Kier molecular flexibility index (Phi) is 13.6. The van der Waals surface area contributed by atoms with Crippen LogP contribution in [0.3, 0.4) is 0 Å². The Morgan fingerprint density at radius 2 is 1.72 bits per heavy atom. The van der Waals surface area contributed by atoms with Gasteiger partial charge < -0.3 is 30.5 Å². The molecular weight excluding hydrogens is 552 g/mol. The van der Waals surface area contributed by atoms with Crippen LogP contribution in [0, 0.1) is 30.6 Å². The van der Waals surface area contributed by atoms with Crippen molar-refractivity contribution in [3.63, 3.8) is 0 Å². The topological polar surface area (TPSA) is 175 Å². The molecule has 0 saturated carbocycles. The van der Waals surface area contributed by atoms with E-state index in [4.69, 9.17) is 9.26 Å². The number of ether oxygens (including phenoxy) is 1. The third kappa shape index (κ3) is 12.5. The fraction of sp³-hybridized carbons (Fsp3) is 0.484. The number of nitriles is 1. The minimum Gasteiger partial charge on any atom is -0.382 e. The van der Waals surface area contributed by atoms with Crippen molar-refractivity contribution in [2.24, 2.45) is 5.41 Å². The minimum atomic E-state index is -1.10. The van der Waals surface area contributed by atoms with Gasteiger partial charge in [0, 0.05) is 26.3 Å². The van der Waals surface area contributed by atoms with E-state index in [0.29, 0.717) is 18.6 Å². The Bertz CT molecular complexity index is 1320. The van der Waals surface area contributed by atoms with Gasteiger partial charge in [-0.2, -0.15) is 5.26 Å². The number of unbranched alkanes of at least 4 members (excludes halogenated alkanes) is 1. The van der Waals surface area contributed by atoms with Gasteiger partial charge in [0.1, 0.15) is 29.5 Å². The van der Waals surface area contributed by atoms with Crippen LogP contribution >= 0.6 is 0 Å². The van der Waals surface area contributed by atoms with Crippen LogP contribution in [-0.2, 0) is 25.7 Å². The number of aromatic nitrogens is 1. The number of carbonyl (C=O) groups excluding carboxylic acids is 4. The van der Waals surface area contributed by atoms with E-state index in [2.05, 4.69) is 26.4 Å². The first-order valence-corrected chi connectivity index (χ1v) is 14.1. The number of hydrogen-bond donors (Lipinski definition) is 4. The van der Waals surface area contributed by atoms with Crippen molar-refractivity contribution < 1.29 is 28.4 Å². The highest BCUT2D eigenvalue weighted by Gasteiger charge is 2.28. The van der Waals surface area contributed by atoms with E-state index in [1.807, 2.05) is 58.0 Å². The normalized spacial score (nSPS) is 12.9. The molecule has 0 unspecified atom stereocenters. The quantitative estimate of drug-likeness (QED) is 0.138. The smallest absolute Gasteiger partial charge is 0.274 e. The molecule has 0 aliphatic carbocycles. The van der Waals surface area contributed by atoms with Crippen molar-refractivity contribution in [1.29, 1.82) is 5.26 Å². The molecule has 0 aliphatic rings. The number of amides is 4. The molecule has 0 bridgehead atoms. The van der Waals surface area contributed by atoms with Gasteiger partial charge >= 0.3 is 0 Å². The lowest BCUT2D eigenvalue weighted by Crippen LogP contribution is -2.55. The number of benzene rings is 1. The molecule has 12 heteroatoms. The lowest BCUT2D eigenvalue weighted by Gasteiger charge is -2.23. The highest BCUT2D eigenvalue weighted by molar-refractivity contribution is 5.98. The summed E-state index contributed by atoms with van der Waals surface area (Å²) in [7, 11) is 1.39. The van der Waals surface area contributed by atoms with E-state index < -0.39 is 35.7 Å². The van der Waals surface area contributed by atoms with Crippen molar-refractivity contribution in [2.45, 2.75) is 72.5 Å². The molecule has 0 aliphatic heterocycles. The molecule has 0 fully saturated rings. The van der Waals surface area contributed by atoms with Gasteiger partial charge in [0.05, 0.1) is 6.61 Å². The first kappa shape index (κ1) is 34.7. The van der Waals surface area contributed by atoms with Gasteiger partial charge in [0.15, 0.2) is 5.69 Å². The van der Waals surface area contributed by atoms with Gasteiger partial charge in [-0.25, -0.2) is 0 Å². The summed E-state index contributed by atoms with van der Waals surface area (Å²) in [6.45, 7) is 9.71. The standard InChI is InChI=1S/C31H42N6O6/c1-20-10-12-22(13-11-20)18-34-28(39)24(9-7-8-14-33-27(38)23(17-32)16-31(3,4)5)35-30(41)26(19-42-6)36-29(40)25-15-21(2)43-37-25/h10-13,15-16,24,26H,7-9,14,18-19H2,1-6H3,(H,33,38)(H,34,39)(H,35,41)(H,36,40)/t24-,26-/m0/s1. The first-order chi connectivity index (χ1) is 20.3. The SMILES string of the molecule is COC[C@H](NC(=O)c1cc(C)on1)C(=O)N[C@@H](CCCCNC(=O)C(C#N)=CC(C)(C)C)C(=O)NCc1ccc(C)cc1. The Morgan fingerprint density at radius 1 is 1.02 bits per heavy atom. The average Bonchev–Trinajstić information content (AvgIpc) is 3.40. The fourth-order valence-corrected chi connectivity index (χ4v) is 3.97. The second kappa shape index (κ2) is 16.8. The number of hydrogen-bond acceptors (Lipinski definition) is 8. The zero-order valence-electron chi connectivity index (χ0n) is 25.7. The maximum atomic E-state index is 13.2. The summed E-state index contributed by atoms with van der Waals surface area (Å²) in [5.74, 6) is -1.65. The second-order valence-electron chi connectivity index (χ2n) is 11.4. The van der Waals surface area contributed by atoms with E-state index in [-0.39, 0.29) is 42.8 Å². The van der Waals surface area contributed by atoms with Crippen molar-refractivity contribution in [3.8, 4) is 6.07 Å². The molecule has 0 saturated heterocycles. The number of carbonyl (C=O) groups is 4. The van der Waals surface area contributed by atoms with Gasteiger partial charge in [-0.15, -0.1) is 0 Å². The first-order valence-electron chi connectivity index (χ1n) is 14.1. The number of allylic oxidation sites excluding steroid dienone is 1. The van der Waals surface area contributed by atoms with Crippen LogP contribution in [0.15, 0.2) is 46.5 Å². The van der Waals surface area contributed by atoms with Crippen LogP contribution in [-0.4, -0.2) is 61.1 Å². The van der Waals surface area contributed by atoms with Crippen LogP contribution in [0.2, 0.25) is 0 Å². The Morgan fingerprint density at radius 3 is 2.30 bits per heavy atom. The predicted molar refractivity (Wildman–Crippen MR) is 159 cm³/mol. The molecule has 2 rings (SSSR count). The maximum absolute atomic E-state index is 13.2. The van der Waals surface area contributed by atoms with E-state index in [0.717, 1.165) is 11.1 Å².